The van der Waals surface area contributed by atoms with Gasteiger partial charge in [-0.3, -0.25) is 9.69 Å². The van der Waals surface area contributed by atoms with E-state index in [1.165, 1.54) is 44.9 Å². The Hall–Kier alpha value is -0.940. The molecular weight excluding hydrogens is 306 g/mol. The van der Waals surface area contributed by atoms with Crippen LogP contribution in [0.5, 0.6) is 0 Å². The van der Waals surface area contributed by atoms with Crippen LogP contribution in [0.1, 0.15) is 57.1 Å². The van der Waals surface area contributed by atoms with Gasteiger partial charge < -0.3 is 4.90 Å². The third-order valence-electron chi connectivity index (χ3n) is 5.98. The summed E-state index contributed by atoms with van der Waals surface area (Å²) in [7, 11) is 0. The highest BCUT2D eigenvalue weighted by atomic mass is 32.1. The lowest BCUT2D eigenvalue weighted by atomic mass is 9.94. The molecule has 5 rings (SSSR count). The fourth-order valence-electron chi connectivity index (χ4n) is 4.69. The lowest BCUT2D eigenvalue weighted by molar-refractivity contribution is -0.140. The maximum absolute atomic E-state index is 12.9. The van der Waals surface area contributed by atoms with Gasteiger partial charge in [0, 0.05) is 30.6 Å². The van der Waals surface area contributed by atoms with Crippen molar-refractivity contribution in [2.75, 3.05) is 13.1 Å². The van der Waals surface area contributed by atoms with Crippen molar-refractivity contribution in [2.45, 2.75) is 70.0 Å². The van der Waals surface area contributed by atoms with Crippen LogP contribution >= 0.6 is 11.3 Å². The number of carbonyl (C=O) groups excluding carboxylic acids is 1. The second-order valence-electron chi connectivity index (χ2n) is 7.47. The minimum absolute atomic E-state index is 0.218. The molecule has 1 aromatic heterocycles. The van der Waals surface area contributed by atoms with E-state index in [4.69, 9.17) is 0 Å². The van der Waals surface area contributed by atoms with Crippen LogP contribution in [-0.2, 0) is 11.3 Å². The highest BCUT2D eigenvalue weighted by molar-refractivity contribution is 7.07. The van der Waals surface area contributed by atoms with Crippen LogP contribution in [0.25, 0.3) is 0 Å². The predicted molar refractivity (Wildman–Crippen MR) is 92.2 cm³/mol. The molecule has 4 heterocycles. The molecule has 0 unspecified atom stereocenters. The van der Waals surface area contributed by atoms with Gasteiger partial charge in [0.1, 0.15) is 0 Å². The van der Waals surface area contributed by atoms with Gasteiger partial charge in [-0.05, 0) is 25.7 Å². The van der Waals surface area contributed by atoms with E-state index >= 15 is 0 Å². The third kappa shape index (κ3) is 3.31. The summed E-state index contributed by atoms with van der Waals surface area (Å²) < 4.78 is 0. The molecule has 1 aliphatic carbocycles. The van der Waals surface area contributed by atoms with Crippen molar-refractivity contribution >= 4 is 17.2 Å². The van der Waals surface area contributed by atoms with E-state index in [0.29, 0.717) is 24.5 Å². The minimum atomic E-state index is 0.218. The van der Waals surface area contributed by atoms with Gasteiger partial charge in [-0.2, -0.15) is 0 Å². The van der Waals surface area contributed by atoms with Gasteiger partial charge in [-0.15, -0.1) is 11.3 Å². The lowest BCUT2D eigenvalue weighted by Crippen LogP contribution is -2.47. The zero-order chi connectivity index (χ0) is 15.6. The number of rotatable bonds is 3. The Kier molecular flexibility index (Phi) is 4.67. The smallest absolute Gasteiger partial charge is 0.227 e. The van der Waals surface area contributed by atoms with Crippen molar-refractivity contribution in [1.29, 1.82) is 0 Å². The molecule has 5 heteroatoms. The molecule has 4 aliphatic rings. The van der Waals surface area contributed by atoms with Crippen LogP contribution in [0.3, 0.4) is 0 Å². The van der Waals surface area contributed by atoms with E-state index in [0.717, 1.165) is 25.2 Å². The van der Waals surface area contributed by atoms with Crippen molar-refractivity contribution in [3.8, 4) is 0 Å². The summed E-state index contributed by atoms with van der Waals surface area (Å²) >= 11 is 1.62. The van der Waals surface area contributed by atoms with Gasteiger partial charge >= 0.3 is 0 Å². The SMILES string of the molecule is O=C1[C@H]2CC[C@H](CN(C3CCCCCC3)C2)N1Cc1cscn1. The monoisotopic (exact) mass is 333 g/mol. The largest absolute Gasteiger partial charge is 0.332 e. The van der Waals surface area contributed by atoms with Crippen LogP contribution in [0, 0.1) is 5.92 Å². The molecule has 3 aliphatic heterocycles. The summed E-state index contributed by atoms with van der Waals surface area (Å²) in [5.41, 5.74) is 2.92. The Labute approximate surface area is 142 Å². The number of aromatic nitrogens is 1. The second-order valence-corrected chi connectivity index (χ2v) is 8.19. The standard InChI is InChI=1S/C18H27N3OS/c22-18-14-7-8-17(21(18)10-15-12-23-13-19-15)11-20(9-14)16-5-3-1-2-4-6-16/h12-14,16-17H,1-11H2/t14-,17+/m0/s1. The molecule has 0 aromatic carbocycles. The summed E-state index contributed by atoms with van der Waals surface area (Å²) in [6.45, 7) is 2.78. The number of carbonyl (C=O) groups is 1. The summed E-state index contributed by atoms with van der Waals surface area (Å²) in [5, 5.41) is 2.08. The Morgan fingerprint density at radius 2 is 1.87 bits per heavy atom. The number of hydrogen-bond donors (Lipinski definition) is 0. The predicted octanol–water partition coefficient (Wildman–Crippen LogP) is 3.29. The number of thiazole rings is 1. The number of amides is 1. The fourth-order valence-corrected chi connectivity index (χ4v) is 5.24. The number of hydrogen-bond acceptors (Lipinski definition) is 4. The van der Waals surface area contributed by atoms with Crippen LogP contribution in [0.4, 0.5) is 0 Å². The first-order valence-electron chi connectivity index (χ1n) is 9.23. The van der Waals surface area contributed by atoms with Crippen molar-refractivity contribution < 1.29 is 4.79 Å². The first-order valence-corrected chi connectivity index (χ1v) is 10.2. The molecule has 126 valence electrons. The maximum atomic E-state index is 12.9. The molecule has 0 radical (unpaired) electrons. The van der Waals surface area contributed by atoms with Crippen LogP contribution in [-0.4, -0.2) is 45.9 Å². The number of nitrogens with zero attached hydrogens (tertiary/aromatic N) is 3. The Bertz CT molecular complexity index is 524. The lowest BCUT2D eigenvalue weighted by Gasteiger charge is -2.36. The minimum Gasteiger partial charge on any atom is -0.332 e. The quantitative estimate of drug-likeness (QED) is 0.797. The van der Waals surface area contributed by atoms with E-state index in [1.807, 2.05) is 5.51 Å². The van der Waals surface area contributed by atoms with Gasteiger partial charge in [0.05, 0.1) is 23.7 Å². The highest BCUT2D eigenvalue weighted by Crippen LogP contribution is 2.33. The van der Waals surface area contributed by atoms with Crippen LogP contribution in [0.2, 0.25) is 0 Å². The van der Waals surface area contributed by atoms with Gasteiger partial charge in [0.2, 0.25) is 5.91 Å². The first kappa shape index (κ1) is 15.6. The van der Waals surface area contributed by atoms with E-state index in [9.17, 15) is 4.79 Å². The summed E-state index contributed by atoms with van der Waals surface area (Å²) in [5.74, 6) is 0.598. The average molecular weight is 334 g/mol. The van der Waals surface area contributed by atoms with Gasteiger partial charge in [-0.25, -0.2) is 4.98 Å². The third-order valence-corrected chi connectivity index (χ3v) is 6.61. The zero-order valence-corrected chi connectivity index (χ0v) is 14.6. The first-order chi connectivity index (χ1) is 11.3. The molecule has 4 fully saturated rings. The van der Waals surface area contributed by atoms with Gasteiger partial charge in [0.25, 0.3) is 0 Å². The van der Waals surface area contributed by atoms with E-state index in [2.05, 4.69) is 20.2 Å². The van der Waals surface area contributed by atoms with E-state index < -0.39 is 0 Å². The van der Waals surface area contributed by atoms with Crippen LogP contribution < -0.4 is 0 Å². The van der Waals surface area contributed by atoms with Crippen molar-refractivity contribution in [2.24, 2.45) is 5.92 Å². The van der Waals surface area contributed by atoms with E-state index in [1.54, 1.807) is 11.3 Å². The zero-order valence-electron chi connectivity index (χ0n) is 13.8. The molecule has 4 nitrogen and oxygen atoms in total. The Morgan fingerprint density at radius 1 is 1.04 bits per heavy atom. The van der Waals surface area contributed by atoms with E-state index in [-0.39, 0.29) is 5.92 Å². The second kappa shape index (κ2) is 6.89. The molecule has 1 aromatic rings. The summed E-state index contributed by atoms with van der Waals surface area (Å²) in [6.07, 6.45) is 10.4. The fraction of sp³-hybridized carbons (Fsp3) is 0.778. The van der Waals surface area contributed by atoms with Crippen LogP contribution in [0.15, 0.2) is 10.9 Å². The normalized spacial score (nSPS) is 30.4. The number of piperidine rings is 1. The molecule has 0 N–H and O–H groups in total. The Morgan fingerprint density at radius 3 is 2.61 bits per heavy atom. The summed E-state index contributed by atoms with van der Waals surface area (Å²) in [4.78, 5) is 22.1. The molecule has 1 amide bonds. The van der Waals surface area contributed by atoms with Gasteiger partial charge in [-0.1, -0.05) is 25.7 Å². The average Bonchev–Trinajstić information content (AvgIpc) is 2.77. The molecule has 23 heavy (non-hydrogen) atoms. The molecular formula is C18H27N3OS. The van der Waals surface area contributed by atoms with Crippen molar-refractivity contribution in [3.63, 3.8) is 0 Å². The van der Waals surface area contributed by atoms with Crippen molar-refractivity contribution in [3.05, 3.63) is 16.6 Å². The topological polar surface area (TPSA) is 36.4 Å². The summed E-state index contributed by atoms with van der Waals surface area (Å²) in [6, 6.07) is 1.11. The molecule has 0 spiro atoms. The molecule has 1 saturated carbocycles. The molecule has 2 atom stereocenters. The highest BCUT2D eigenvalue weighted by Gasteiger charge is 2.42. The van der Waals surface area contributed by atoms with Gasteiger partial charge in [0.15, 0.2) is 0 Å². The molecule has 3 saturated heterocycles. The Balaban J connectivity index is 1.49. The maximum Gasteiger partial charge on any atom is 0.227 e. The molecule has 2 bridgehead atoms. The number of fused-ring (bicyclic) bond motifs is 4. The van der Waals surface area contributed by atoms with Crippen molar-refractivity contribution in [1.82, 2.24) is 14.8 Å².